The monoisotopic (exact) mass is 313 g/mol. The molecule has 1 aromatic rings. The summed E-state index contributed by atoms with van der Waals surface area (Å²) in [5.41, 5.74) is -3.14. The highest BCUT2D eigenvalue weighted by atomic mass is 32.2. The normalized spacial score (nSPS) is 36.8. The lowest BCUT2D eigenvalue weighted by Crippen LogP contribution is -2.22. The van der Waals surface area contributed by atoms with Crippen LogP contribution in [0.5, 0.6) is 0 Å². The molecule has 0 aromatic heterocycles. The molecule has 1 aromatic carbocycles. The maximum atomic E-state index is 12.3. The van der Waals surface area contributed by atoms with Gasteiger partial charge >= 0.3 is 5.51 Å². The van der Waals surface area contributed by atoms with Gasteiger partial charge in [-0.05, 0) is 72.4 Å². The first-order valence-electron chi connectivity index (χ1n) is 7.59. The lowest BCUT2D eigenvalue weighted by molar-refractivity contribution is -0.0328. The van der Waals surface area contributed by atoms with Crippen LogP contribution >= 0.6 is 11.8 Å². The highest BCUT2D eigenvalue weighted by Crippen LogP contribution is 2.65. The molecular formula is C16H18F3NS. The number of hydrogen-bond acceptors (Lipinski definition) is 2. The van der Waals surface area contributed by atoms with Gasteiger partial charge < -0.3 is 5.32 Å². The van der Waals surface area contributed by atoms with Gasteiger partial charge in [-0.2, -0.15) is 13.2 Å². The SMILES string of the molecule is FC(F)(F)Sc1ccc(CNC2C3C4CCC(C4)C23)cc1. The Bertz CT molecular complexity index is 511. The van der Waals surface area contributed by atoms with Crippen molar-refractivity contribution in [3.05, 3.63) is 29.8 Å². The van der Waals surface area contributed by atoms with Crippen LogP contribution in [-0.2, 0) is 6.54 Å². The van der Waals surface area contributed by atoms with E-state index in [1.54, 1.807) is 24.3 Å². The van der Waals surface area contributed by atoms with Crippen molar-refractivity contribution in [2.24, 2.45) is 23.7 Å². The van der Waals surface area contributed by atoms with Gasteiger partial charge in [0.2, 0.25) is 0 Å². The smallest absolute Gasteiger partial charge is 0.309 e. The van der Waals surface area contributed by atoms with Gasteiger partial charge in [-0.25, -0.2) is 0 Å². The van der Waals surface area contributed by atoms with E-state index in [1.165, 1.54) is 19.3 Å². The highest BCUT2D eigenvalue weighted by Gasteiger charge is 2.64. The van der Waals surface area contributed by atoms with Gasteiger partial charge in [0.25, 0.3) is 0 Å². The van der Waals surface area contributed by atoms with Crippen LogP contribution < -0.4 is 5.32 Å². The van der Waals surface area contributed by atoms with Crippen molar-refractivity contribution in [3.8, 4) is 0 Å². The quantitative estimate of drug-likeness (QED) is 0.825. The predicted molar refractivity (Wildman–Crippen MR) is 76.8 cm³/mol. The van der Waals surface area contributed by atoms with E-state index in [4.69, 9.17) is 0 Å². The molecule has 0 heterocycles. The molecule has 0 aliphatic heterocycles. The average molecular weight is 313 g/mol. The number of nitrogens with one attached hydrogen (secondary N) is 1. The van der Waals surface area contributed by atoms with E-state index in [1.807, 2.05) is 0 Å². The Kier molecular flexibility index (Phi) is 3.26. The minimum atomic E-state index is -4.20. The summed E-state index contributed by atoms with van der Waals surface area (Å²) in [5.74, 6) is 3.68. The minimum Gasteiger partial charge on any atom is -0.309 e. The molecule has 4 atom stereocenters. The maximum Gasteiger partial charge on any atom is 0.446 e. The van der Waals surface area contributed by atoms with E-state index < -0.39 is 5.51 Å². The zero-order chi connectivity index (χ0) is 14.6. The van der Waals surface area contributed by atoms with Gasteiger partial charge in [0.05, 0.1) is 0 Å². The fourth-order valence-corrected chi connectivity index (χ4v) is 5.18. The third kappa shape index (κ3) is 2.70. The number of rotatable bonds is 4. The zero-order valence-electron chi connectivity index (χ0n) is 11.6. The maximum absolute atomic E-state index is 12.3. The largest absolute Gasteiger partial charge is 0.446 e. The number of fused-ring (bicyclic) bond motifs is 5. The summed E-state index contributed by atoms with van der Waals surface area (Å²) in [6, 6.07) is 7.39. The number of alkyl halides is 3. The summed E-state index contributed by atoms with van der Waals surface area (Å²) in [6.07, 6.45) is 4.26. The summed E-state index contributed by atoms with van der Waals surface area (Å²) in [5, 5.41) is 3.61. The van der Waals surface area contributed by atoms with E-state index in [-0.39, 0.29) is 16.7 Å². The Hall–Kier alpha value is -0.680. The van der Waals surface area contributed by atoms with Gasteiger partial charge in [-0.15, -0.1) is 0 Å². The lowest BCUT2D eigenvalue weighted by atomic mass is 10.0. The van der Waals surface area contributed by atoms with Crippen molar-refractivity contribution < 1.29 is 13.2 Å². The minimum absolute atomic E-state index is 0.0518. The first-order valence-corrected chi connectivity index (χ1v) is 8.41. The molecule has 21 heavy (non-hydrogen) atoms. The van der Waals surface area contributed by atoms with Crippen LogP contribution in [0, 0.1) is 23.7 Å². The molecule has 2 bridgehead atoms. The highest BCUT2D eigenvalue weighted by molar-refractivity contribution is 8.00. The molecule has 3 aliphatic carbocycles. The molecule has 4 unspecified atom stereocenters. The fraction of sp³-hybridized carbons (Fsp3) is 0.625. The van der Waals surface area contributed by atoms with Crippen LogP contribution in [0.25, 0.3) is 0 Å². The number of thioether (sulfide) groups is 1. The third-order valence-electron chi connectivity index (χ3n) is 5.43. The van der Waals surface area contributed by atoms with Crippen LogP contribution in [0.4, 0.5) is 13.2 Å². The van der Waals surface area contributed by atoms with Gasteiger partial charge in [0.15, 0.2) is 0 Å². The molecular weight excluding hydrogens is 295 g/mol. The molecule has 1 nitrogen and oxygen atoms in total. The summed E-state index contributed by atoms with van der Waals surface area (Å²) in [7, 11) is 0. The standard InChI is InChI=1S/C16H18F3NS/c17-16(18,19)21-12-5-1-9(2-6-12)8-20-15-13-10-3-4-11(7-10)14(13)15/h1-2,5-6,10-11,13-15,20H,3-4,7-8H2. The summed E-state index contributed by atoms with van der Waals surface area (Å²) >= 11 is -0.0518. The van der Waals surface area contributed by atoms with Crippen molar-refractivity contribution in [2.75, 3.05) is 0 Å². The Morgan fingerprint density at radius 3 is 2.24 bits per heavy atom. The first kappa shape index (κ1) is 13.9. The lowest BCUT2D eigenvalue weighted by Gasteiger charge is -2.11. The molecule has 0 amide bonds. The Morgan fingerprint density at radius 1 is 1.05 bits per heavy atom. The molecule has 4 rings (SSSR count). The summed E-state index contributed by atoms with van der Waals surface area (Å²) in [4.78, 5) is 0.257. The third-order valence-corrected chi connectivity index (χ3v) is 6.17. The van der Waals surface area contributed by atoms with Crippen LogP contribution in [0.2, 0.25) is 0 Å². The zero-order valence-corrected chi connectivity index (χ0v) is 12.4. The number of hydrogen-bond donors (Lipinski definition) is 1. The van der Waals surface area contributed by atoms with Crippen molar-refractivity contribution in [1.82, 2.24) is 5.32 Å². The predicted octanol–water partition coefficient (Wildman–Crippen LogP) is 4.43. The number of halogens is 3. The van der Waals surface area contributed by atoms with Crippen molar-refractivity contribution in [1.29, 1.82) is 0 Å². The van der Waals surface area contributed by atoms with E-state index in [2.05, 4.69) is 5.32 Å². The van der Waals surface area contributed by atoms with Gasteiger partial charge in [0, 0.05) is 17.5 Å². The van der Waals surface area contributed by atoms with E-state index >= 15 is 0 Å². The van der Waals surface area contributed by atoms with Gasteiger partial charge in [-0.3, -0.25) is 0 Å². The van der Waals surface area contributed by atoms with Gasteiger partial charge in [0.1, 0.15) is 0 Å². The van der Waals surface area contributed by atoms with Gasteiger partial charge in [-0.1, -0.05) is 12.1 Å². The second-order valence-electron chi connectivity index (χ2n) is 6.59. The summed E-state index contributed by atoms with van der Waals surface area (Å²) < 4.78 is 36.8. The Labute approximate surface area is 126 Å². The molecule has 0 spiro atoms. The Morgan fingerprint density at radius 2 is 1.67 bits per heavy atom. The van der Waals surface area contributed by atoms with Crippen LogP contribution in [0.1, 0.15) is 24.8 Å². The molecule has 114 valence electrons. The second kappa shape index (κ2) is 4.92. The fourth-order valence-electron chi connectivity index (χ4n) is 4.64. The van der Waals surface area contributed by atoms with E-state index in [0.29, 0.717) is 6.04 Å². The average Bonchev–Trinajstić information content (AvgIpc) is 2.80. The van der Waals surface area contributed by atoms with E-state index in [9.17, 15) is 13.2 Å². The first-order chi connectivity index (χ1) is 10.0. The van der Waals surface area contributed by atoms with Crippen molar-refractivity contribution >= 4 is 11.8 Å². The molecule has 0 radical (unpaired) electrons. The van der Waals surface area contributed by atoms with E-state index in [0.717, 1.165) is 35.8 Å². The van der Waals surface area contributed by atoms with Crippen molar-refractivity contribution in [2.45, 2.75) is 42.3 Å². The van der Waals surface area contributed by atoms with Crippen LogP contribution in [0.3, 0.4) is 0 Å². The molecule has 0 saturated heterocycles. The Balaban J connectivity index is 1.30. The topological polar surface area (TPSA) is 12.0 Å². The molecule has 5 heteroatoms. The second-order valence-corrected chi connectivity index (χ2v) is 7.72. The molecule has 3 saturated carbocycles. The summed E-state index contributed by atoms with van der Waals surface area (Å²) in [6.45, 7) is 0.772. The van der Waals surface area contributed by atoms with Crippen LogP contribution in [0.15, 0.2) is 29.2 Å². The molecule has 3 aliphatic rings. The van der Waals surface area contributed by atoms with Crippen molar-refractivity contribution in [3.63, 3.8) is 0 Å². The van der Waals surface area contributed by atoms with Crippen LogP contribution in [-0.4, -0.2) is 11.6 Å². The number of benzene rings is 1. The molecule has 3 fully saturated rings. The molecule has 1 N–H and O–H groups in total.